The fraction of sp³-hybridized carbons (Fsp3) is 0.200. The third-order valence-electron chi connectivity index (χ3n) is 3.48. The Morgan fingerprint density at radius 3 is 2.71 bits per heavy atom. The first-order chi connectivity index (χ1) is 11.4. The summed E-state index contributed by atoms with van der Waals surface area (Å²) in [6.07, 6.45) is 1.75. The summed E-state index contributed by atoms with van der Waals surface area (Å²) in [4.78, 5) is 4.36. The molecule has 0 aliphatic carbocycles. The lowest BCUT2D eigenvalue weighted by Gasteiger charge is -2.06. The number of rotatable bonds is 4. The van der Waals surface area contributed by atoms with E-state index in [0.29, 0.717) is 21.4 Å². The molecule has 0 radical (unpaired) electrons. The minimum Gasteiger partial charge on any atom is -0.390 e. The van der Waals surface area contributed by atoms with Crippen molar-refractivity contribution in [3.63, 3.8) is 0 Å². The Balaban J connectivity index is 2.37. The van der Waals surface area contributed by atoms with E-state index in [0.717, 1.165) is 0 Å². The Kier molecular flexibility index (Phi) is 4.56. The predicted molar refractivity (Wildman–Crippen MR) is 92.3 cm³/mol. The summed E-state index contributed by atoms with van der Waals surface area (Å²) in [5.74, 6) is 0. The largest absolute Gasteiger partial charge is 0.390 e. The quantitative estimate of drug-likeness (QED) is 0.697. The van der Waals surface area contributed by atoms with E-state index >= 15 is 0 Å². The lowest BCUT2D eigenvalue weighted by atomic mass is 10.3. The van der Waals surface area contributed by atoms with Crippen LogP contribution in [0.15, 0.2) is 45.1 Å². The van der Waals surface area contributed by atoms with Crippen molar-refractivity contribution in [2.24, 2.45) is 0 Å². The maximum absolute atomic E-state index is 13.1. The van der Waals surface area contributed by atoms with Crippen LogP contribution in [0.3, 0.4) is 0 Å². The monoisotopic (exact) mass is 383 g/mol. The lowest BCUT2D eigenvalue weighted by molar-refractivity contribution is 0.277. The van der Waals surface area contributed by atoms with E-state index < -0.39 is 9.84 Å². The highest BCUT2D eigenvalue weighted by Crippen LogP contribution is 2.33. The summed E-state index contributed by atoms with van der Waals surface area (Å²) >= 11 is 7.16. The summed E-state index contributed by atoms with van der Waals surface area (Å²) in [6.45, 7) is 1.49. The first kappa shape index (κ1) is 17.2. The van der Waals surface area contributed by atoms with Crippen molar-refractivity contribution in [2.45, 2.75) is 28.3 Å². The summed E-state index contributed by atoms with van der Waals surface area (Å²) in [5.41, 5.74) is 1.27. The molecule has 24 heavy (non-hydrogen) atoms. The zero-order valence-electron chi connectivity index (χ0n) is 12.9. The molecular formula is C15H14ClN3O3S2. The van der Waals surface area contributed by atoms with E-state index in [1.54, 1.807) is 31.4 Å². The molecule has 3 aromatic rings. The average Bonchev–Trinajstić information content (AvgIpc) is 2.94. The number of thioether (sulfide) groups is 1. The highest BCUT2D eigenvalue weighted by Gasteiger charge is 2.29. The molecule has 0 bridgehead atoms. The number of hydrogen-bond donors (Lipinski definition) is 1. The van der Waals surface area contributed by atoms with E-state index in [4.69, 9.17) is 11.6 Å². The average molecular weight is 384 g/mol. The van der Waals surface area contributed by atoms with E-state index in [2.05, 4.69) is 10.1 Å². The Hall–Kier alpha value is -1.61. The van der Waals surface area contributed by atoms with Gasteiger partial charge in [-0.15, -0.1) is 11.8 Å². The molecular weight excluding hydrogens is 370 g/mol. The van der Waals surface area contributed by atoms with Crippen LogP contribution in [0.25, 0.3) is 5.65 Å². The Bertz CT molecular complexity index is 1030. The van der Waals surface area contributed by atoms with Crippen LogP contribution in [-0.4, -0.2) is 34.4 Å². The number of aryl methyl sites for hydroxylation is 1. The number of benzene rings is 1. The molecule has 6 nitrogen and oxygen atoms in total. The molecule has 3 rings (SSSR count). The predicted octanol–water partition coefficient (Wildman–Crippen LogP) is 2.74. The fourth-order valence-electron chi connectivity index (χ4n) is 2.39. The molecule has 0 saturated heterocycles. The molecule has 9 heteroatoms. The molecule has 2 aromatic heterocycles. The minimum absolute atomic E-state index is 0.0238. The Labute approximate surface area is 148 Å². The second-order valence-electron chi connectivity index (χ2n) is 5.08. The van der Waals surface area contributed by atoms with Crippen molar-refractivity contribution < 1.29 is 13.5 Å². The number of aliphatic hydroxyl groups excluding tert-OH is 1. The van der Waals surface area contributed by atoms with Crippen molar-refractivity contribution >= 4 is 38.8 Å². The van der Waals surface area contributed by atoms with Gasteiger partial charge >= 0.3 is 0 Å². The highest BCUT2D eigenvalue weighted by molar-refractivity contribution is 7.99. The molecule has 0 aliphatic rings. The molecule has 0 fully saturated rings. The van der Waals surface area contributed by atoms with Crippen molar-refractivity contribution in [3.8, 4) is 0 Å². The van der Waals surface area contributed by atoms with Crippen LogP contribution in [0.1, 0.15) is 11.4 Å². The van der Waals surface area contributed by atoms with Crippen LogP contribution < -0.4 is 0 Å². The fourth-order valence-corrected chi connectivity index (χ4v) is 5.08. The van der Waals surface area contributed by atoms with Crippen molar-refractivity contribution in [1.82, 2.24) is 14.6 Å². The third kappa shape index (κ3) is 2.79. The number of hydrogen-bond acceptors (Lipinski definition) is 6. The summed E-state index contributed by atoms with van der Waals surface area (Å²) in [7, 11) is -3.86. The van der Waals surface area contributed by atoms with Crippen LogP contribution in [0, 0.1) is 6.92 Å². The summed E-state index contributed by atoms with van der Waals surface area (Å²) in [5, 5.41) is 14.4. The van der Waals surface area contributed by atoms with Gasteiger partial charge in [0.1, 0.15) is 5.03 Å². The topological polar surface area (TPSA) is 84.6 Å². The van der Waals surface area contributed by atoms with Crippen molar-refractivity contribution in [2.75, 3.05) is 6.26 Å². The number of nitrogens with zero attached hydrogens (tertiary/aromatic N) is 3. The maximum Gasteiger partial charge on any atom is 0.213 e. The van der Waals surface area contributed by atoms with Crippen molar-refractivity contribution in [1.29, 1.82) is 0 Å². The normalized spacial score (nSPS) is 12.0. The minimum atomic E-state index is -3.86. The van der Waals surface area contributed by atoms with Gasteiger partial charge in [0.2, 0.25) is 9.84 Å². The van der Waals surface area contributed by atoms with Crippen LogP contribution in [0.5, 0.6) is 0 Å². The summed E-state index contributed by atoms with van der Waals surface area (Å²) in [6, 6.07) is 7.74. The van der Waals surface area contributed by atoms with Crippen LogP contribution in [0.2, 0.25) is 5.02 Å². The number of aliphatic hydroxyl groups is 1. The molecule has 0 atom stereocenters. The van der Waals surface area contributed by atoms with Gasteiger partial charge in [-0.3, -0.25) is 0 Å². The zero-order chi connectivity index (χ0) is 17.5. The molecule has 0 saturated carbocycles. The van der Waals surface area contributed by atoms with Gasteiger partial charge in [0.25, 0.3) is 0 Å². The van der Waals surface area contributed by atoms with Gasteiger partial charge in [0.05, 0.1) is 17.2 Å². The Morgan fingerprint density at radius 2 is 2.08 bits per heavy atom. The first-order valence-electron chi connectivity index (χ1n) is 6.93. The number of fused-ring (bicyclic) bond motifs is 1. The van der Waals surface area contributed by atoms with Gasteiger partial charge in [-0.2, -0.15) is 5.10 Å². The third-order valence-corrected chi connectivity index (χ3v) is 6.30. The van der Waals surface area contributed by atoms with Gasteiger partial charge in [0, 0.05) is 10.7 Å². The standard InChI is InChI=1S/C15H14ClN3O3S2/c1-9-6-11(8-20)17-14-13(15(23-2)18-19(9)14)24(21,22)12-5-3-4-10(16)7-12/h3-7,20H,8H2,1-2H3. The molecule has 1 N–H and O–H groups in total. The van der Waals surface area contributed by atoms with E-state index in [1.165, 1.54) is 28.4 Å². The second-order valence-corrected chi connectivity index (χ2v) is 8.20. The highest BCUT2D eigenvalue weighted by atomic mass is 35.5. The van der Waals surface area contributed by atoms with Crippen LogP contribution >= 0.6 is 23.4 Å². The van der Waals surface area contributed by atoms with Gasteiger partial charge in [-0.05, 0) is 37.4 Å². The van der Waals surface area contributed by atoms with E-state index in [9.17, 15) is 13.5 Å². The molecule has 0 spiro atoms. The van der Waals surface area contributed by atoms with Crippen molar-refractivity contribution in [3.05, 3.63) is 46.7 Å². The summed E-state index contributed by atoms with van der Waals surface area (Å²) < 4.78 is 27.7. The molecule has 0 amide bonds. The molecule has 1 aromatic carbocycles. The van der Waals surface area contributed by atoms with Crippen LogP contribution in [-0.2, 0) is 16.4 Å². The second kappa shape index (κ2) is 6.36. The lowest BCUT2D eigenvalue weighted by Crippen LogP contribution is -2.05. The van der Waals surface area contributed by atoms with E-state index in [-0.39, 0.29) is 22.0 Å². The molecule has 0 aliphatic heterocycles. The smallest absolute Gasteiger partial charge is 0.213 e. The molecule has 126 valence electrons. The van der Waals surface area contributed by atoms with E-state index in [1.807, 2.05) is 0 Å². The zero-order valence-corrected chi connectivity index (χ0v) is 15.3. The number of aromatic nitrogens is 3. The molecule has 2 heterocycles. The maximum atomic E-state index is 13.1. The SMILES string of the molecule is CSc1nn2c(C)cc(CO)nc2c1S(=O)(=O)c1cccc(Cl)c1. The number of halogens is 1. The first-order valence-corrected chi connectivity index (χ1v) is 10.0. The van der Waals surface area contributed by atoms with Gasteiger partial charge in [-0.25, -0.2) is 17.9 Å². The van der Waals surface area contributed by atoms with Gasteiger partial charge in [-0.1, -0.05) is 17.7 Å². The Morgan fingerprint density at radius 1 is 1.33 bits per heavy atom. The van der Waals surface area contributed by atoms with Crippen LogP contribution in [0.4, 0.5) is 0 Å². The number of sulfone groups is 1. The molecule has 0 unspecified atom stereocenters. The van der Waals surface area contributed by atoms with Gasteiger partial charge < -0.3 is 5.11 Å². The van der Waals surface area contributed by atoms with Gasteiger partial charge in [0.15, 0.2) is 10.5 Å².